The number of nitrogens with one attached hydrogen (secondary N) is 1. The summed E-state index contributed by atoms with van der Waals surface area (Å²) in [6.45, 7) is 4.74. The van der Waals surface area contributed by atoms with Crippen LogP contribution in [0.5, 0.6) is 11.5 Å². The molecule has 2 aromatic rings. The van der Waals surface area contributed by atoms with E-state index >= 15 is 0 Å². The summed E-state index contributed by atoms with van der Waals surface area (Å²) in [7, 11) is 3.30. The van der Waals surface area contributed by atoms with E-state index in [1.54, 1.807) is 14.2 Å². The van der Waals surface area contributed by atoms with E-state index in [1.165, 1.54) is 18.4 Å². The second-order valence-electron chi connectivity index (χ2n) is 9.58. The number of methoxy groups -OCH3 is 2. The molecule has 1 aliphatic carbocycles. The maximum Gasteiger partial charge on any atom is 0.254 e. The SMILES string of the molecule is COCCCOc1cc(C(=O)N(CC2CC2)CC2CNCC2Cc2ccccc2)ccc1OC. The summed E-state index contributed by atoms with van der Waals surface area (Å²) in [6.07, 6.45) is 4.27. The predicted molar refractivity (Wildman–Crippen MR) is 134 cm³/mol. The summed E-state index contributed by atoms with van der Waals surface area (Å²) >= 11 is 0. The number of amides is 1. The fourth-order valence-electron chi connectivity index (χ4n) is 4.78. The van der Waals surface area contributed by atoms with Gasteiger partial charge in [-0.1, -0.05) is 30.3 Å². The van der Waals surface area contributed by atoms with E-state index in [-0.39, 0.29) is 5.91 Å². The van der Waals surface area contributed by atoms with Crippen molar-refractivity contribution >= 4 is 5.91 Å². The first-order chi connectivity index (χ1) is 16.7. The molecule has 1 saturated heterocycles. The molecule has 6 nitrogen and oxygen atoms in total. The molecular weight excluding hydrogens is 428 g/mol. The Morgan fingerprint density at radius 1 is 0.971 bits per heavy atom. The average molecular weight is 467 g/mol. The lowest BCUT2D eigenvalue weighted by molar-refractivity contribution is 0.0710. The van der Waals surface area contributed by atoms with Crippen LogP contribution in [0.2, 0.25) is 0 Å². The van der Waals surface area contributed by atoms with Crippen molar-refractivity contribution in [2.45, 2.75) is 25.7 Å². The third-order valence-electron chi connectivity index (χ3n) is 6.90. The van der Waals surface area contributed by atoms with Crippen LogP contribution in [0, 0.1) is 17.8 Å². The van der Waals surface area contributed by atoms with Crippen LogP contribution in [0.3, 0.4) is 0 Å². The summed E-state index contributed by atoms with van der Waals surface area (Å²) in [5, 5.41) is 3.57. The molecule has 0 spiro atoms. The molecule has 2 unspecified atom stereocenters. The summed E-state index contributed by atoms with van der Waals surface area (Å²) < 4.78 is 16.5. The number of hydrogen-bond donors (Lipinski definition) is 1. The number of carbonyl (C=O) groups excluding carboxylic acids is 1. The third kappa shape index (κ3) is 6.73. The Labute approximate surface area is 203 Å². The van der Waals surface area contributed by atoms with E-state index in [1.807, 2.05) is 18.2 Å². The van der Waals surface area contributed by atoms with Crippen molar-refractivity contribution in [3.8, 4) is 11.5 Å². The maximum absolute atomic E-state index is 13.7. The van der Waals surface area contributed by atoms with Gasteiger partial charge >= 0.3 is 0 Å². The normalized spacial score (nSPS) is 19.7. The molecule has 0 aromatic heterocycles. The first kappa shape index (κ1) is 24.6. The highest BCUT2D eigenvalue weighted by atomic mass is 16.5. The van der Waals surface area contributed by atoms with Crippen LogP contribution in [0.15, 0.2) is 48.5 Å². The highest BCUT2D eigenvalue weighted by Crippen LogP contribution is 2.33. The first-order valence-corrected chi connectivity index (χ1v) is 12.5. The summed E-state index contributed by atoms with van der Waals surface area (Å²) in [5.74, 6) is 2.96. The molecule has 2 fully saturated rings. The van der Waals surface area contributed by atoms with Gasteiger partial charge in [-0.25, -0.2) is 0 Å². The topological polar surface area (TPSA) is 60.0 Å². The lowest BCUT2D eigenvalue weighted by atomic mass is 9.89. The van der Waals surface area contributed by atoms with Gasteiger partial charge in [-0.05, 0) is 73.9 Å². The Balaban J connectivity index is 1.46. The quantitative estimate of drug-likeness (QED) is 0.452. The number of benzene rings is 2. The molecule has 6 heteroatoms. The largest absolute Gasteiger partial charge is 0.493 e. The standard InChI is InChI=1S/C28H38N2O4/c1-32-13-6-14-34-27-16-23(11-12-26(27)33-2)28(31)30(19-22-9-10-22)20-25-18-29-17-24(25)15-21-7-4-3-5-8-21/h3-5,7-8,11-12,16,22,24-25,29H,6,9-10,13-15,17-20H2,1-2H3. The Morgan fingerprint density at radius 3 is 2.50 bits per heavy atom. The number of hydrogen-bond acceptors (Lipinski definition) is 5. The zero-order valence-electron chi connectivity index (χ0n) is 20.5. The lowest BCUT2D eigenvalue weighted by Crippen LogP contribution is -2.39. The Kier molecular flexibility index (Phi) is 8.83. The van der Waals surface area contributed by atoms with Crippen molar-refractivity contribution in [2.24, 2.45) is 17.8 Å². The van der Waals surface area contributed by atoms with Gasteiger partial charge in [0.05, 0.1) is 13.7 Å². The van der Waals surface area contributed by atoms with Crippen molar-refractivity contribution in [3.63, 3.8) is 0 Å². The average Bonchev–Trinajstić information content (AvgIpc) is 3.59. The van der Waals surface area contributed by atoms with Gasteiger partial charge in [0.15, 0.2) is 11.5 Å². The van der Waals surface area contributed by atoms with Crippen LogP contribution in [0.25, 0.3) is 0 Å². The molecule has 184 valence electrons. The van der Waals surface area contributed by atoms with Crippen LogP contribution >= 0.6 is 0 Å². The summed E-state index contributed by atoms with van der Waals surface area (Å²) in [5.41, 5.74) is 2.03. The van der Waals surface area contributed by atoms with Gasteiger partial charge in [0.25, 0.3) is 5.91 Å². The zero-order chi connectivity index (χ0) is 23.8. The second-order valence-corrected chi connectivity index (χ2v) is 9.58. The van der Waals surface area contributed by atoms with E-state index < -0.39 is 0 Å². The predicted octanol–water partition coefficient (Wildman–Crippen LogP) is 4.04. The molecule has 2 aromatic carbocycles. The molecule has 2 atom stereocenters. The van der Waals surface area contributed by atoms with Gasteiger partial charge in [0, 0.05) is 38.8 Å². The Morgan fingerprint density at radius 2 is 1.76 bits per heavy atom. The van der Waals surface area contributed by atoms with Crippen molar-refractivity contribution in [2.75, 3.05) is 53.6 Å². The minimum absolute atomic E-state index is 0.0849. The van der Waals surface area contributed by atoms with E-state index in [9.17, 15) is 4.79 Å². The molecule has 1 N–H and O–H groups in total. The van der Waals surface area contributed by atoms with Crippen LogP contribution in [-0.2, 0) is 11.2 Å². The minimum Gasteiger partial charge on any atom is -0.493 e. The van der Waals surface area contributed by atoms with Crippen LogP contribution in [0.1, 0.15) is 35.2 Å². The molecular formula is C28H38N2O4. The smallest absolute Gasteiger partial charge is 0.254 e. The van der Waals surface area contributed by atoms with Crippen LogP contribution in [-0.4, -0.2) is 64.4 Å². The van der Waals surface area contributed by atoms with E-state index in [4.69, 9.17) is 14.2 Å². The lowest BCUT2D eigenvalue weighted by Gasteiger charge is -2.29. The minimum atomic E-state index is 0.0849. The van der Waals surface area contributed by atoms with Gasteiger partial charge in [-0.3, -0.25) is 4.79 Å². The summed E-state index contributed by atoms with van der Waals surface area (Å²) in [6, 6.07) is 16.2. The molecule has 2 aliphatic rings. The Bertz CT molecular complexity index is 916. The number of rotatable bonds is 13. The van der Waals surface area contributed by atoms with Crippen molar-refractivity contribution in [3.05, 3.63) is 59.7 Å². The highest BCUT2D eigenvalue weighted by Gasteiger charge is 2.33. The van der Waals surface area contributed by atoms with E-state index in [2.05, 4.69) is 40.5 Å². The summed E-state index contributed by atoms with van der Waals surface area (Å²) in [4.78, 5) is 15.8. The highest BCUT2D eigenvalue weighted by molar-refractivity contribution is 5.95. The monoisotopic (exact) mass is 466 g/mol. The molecule has 0 bridgehead atoms. The zero-order valence-corrected chi connectivity index (χ0v) is 20.5. The van der Waals surface area contributed by atoms with Gasteiger partial charge in [0.2, 0.25) is 0 Å². The fraction of sp³-hybridized carbons (Fsp3) is 0.536. The number of carbonyl (C=O) groups is 1. The first-order valence-electron chi connectivity index (χ1n) is 12.5. The molecule has 1 amide bonds. The molecule has 4 rings (SSSR count). The molecule has 1 saturated carbocycles. The van der Waals surface area contributed by atoms with E-state index in [0.717, 1.165) is 39.0 Å². The molecule has 1 heterocycles. The molecule has 34 heavy (non-hydrogen) atoms. The number of nitrogens with zero attached hydrogens (tertiary/aromatic N) is 1. The Hall–Kier alpha value is -2.57. The van der Waals surface area contributed by atoms with Crippen molar-refractivity contribution < 1.29 is 19.0 Å². The molecule has 0 radical (unpaired) electrons. The third-order valence-corrected chi connectivity index (χ3v) is 6.90. The van der Waals surface area contributed by atoms with Crippen molar-refractivity contribution in [1.82, 2.24) is 10.2 Å². The molecule has 1 aliphatic heterocycles. The second kappa shape index (κ2) is 12.2. The van der Waals surface area contributed by atoms with Crippen LogP contribution < -0.4 is 14.8 Å². The maximum atomic E-state index is 13.7. The van der Waals surface area contributed by atoms with Gasteiger partial charge in [-0.15, -0.1) is 0 Å². The van der Waals surface area contributed by atoms with Crippen LogP contribution in [0.4, 0.5) is 0 Å². The van der Waals surface area contributed by atoms with Gasteiger partial charge in [0.1, 0.15) is 0 Å². The van der Waals surface area contributed by atoms with Gasteiger partial charge < -0.3 is 24.4 Å². The fourth-order valence-corrected chi connectivity index (χ4v) is 4.78. The van der Waals surface area contributed by atoms with Crippen molar-refractivity contribution in [1.29, 1.82) is 0 Å². The van der Waals surface area contributed by atoms with E-state index in [0.29, 0.717) is 48.0 Å². The van der Waals surface area contributed by atoms with Gasteiger partial charge in [-0.2, -0.15) is 0 Å². The number of ether oxygens (including phenoxy) is 3.